The van der Waals surface area contributed by atoms with E-state index in [9.17, 15) is 20.0 Å². The highest BCUT2D eigenvalue weighted by Gasteiger charge is 2.09. The summed E-state index contributed by atoms with van der Waals surface area (Å²) in [5.74, 6) is -2.18. The molecule has 0 saturated heterocycles. The van der Waals surface area contributed by atoms with Crippen molar-refractivity contribution in [1.82, 2.24) is 0 Å². The largest absolute Gasteiger partial charge is 0.868 e. The predicted octanol–water partition coefficient (Wildman–Crippen LogP) is 0.367. The molecular weight excluding hydrogens is 178 g/mol. The summed E-state index contributed by atoms with van der Waals surface area (Å²) < 4.78 is 0. The van der Waals surface area contributed by atoms with Gasteiger partial charge in [0.2, 0.25) is 0 Å². The fraction of sp³-hybridized carbons (Fsp3) is 0. The third kappa shape index (κ3) is 1.73. The van der Waals surface area contributed by atoms with Crippen molar-refractivity contribution in [3.63, 3.8) is 0 Å². The van der Waals surface area contributed by atoms with Gasteiger partial charge in [0.05, 0.1) is 10.5 Å². The molecule has 0 unspecified atom stereocenters. The van der Waals surface area contributed by atoms with E-state index in [4.69, 9.17) is 5.11 Å². The summed E-state index contributed by atoms with van der Waals surface area (Å²) in [6.45, 7) is 0. The summed E-state index contributed by atoms with van der Waals surface area (Å²) in [7, 11) is 0. The SMILES string of the molecule is O=C(O)c1ccc([N+](=O)[O-])c([O-])c1. The van der Waals surface area contributed by atoms with Crippen LogP contribution in [0.25, 0.3) is 0 Å². The Labute approximate surface area is 72.2 Å². The average Bonchev–Trinajstić information content (AvgIpc) is 2.03. The molecule has 1 N–H and O–H groups in total. The Balaban J connectivity index is 3.20. The van der Waals surface area contributed by atoms with Crippen molar-refractivity contribution in [1.29, 1.82) is 0 Å². The monoisotopic (exact) mass is 182 g/mol. The van der Waals surface area contributed by atoms with Crippen LogP contribution in [0.5, 0.6) is 5.75 Å². The summed E-state index contributed by atoms with van der Waals surface area (Å²) in [6, 6.07) is 2.62. The summed E-state index contributed by atoms with van der Waals surface area (Å²) in [5.41, 5.74) is -0.874. The number of benzene rings is 1. The number of nitrogens with zero attached hydrogens (tertiary/aromatic N) is 1. The molecule has 6 heteroatoms. The molecular formula is C7H4NO5-. The summed E-state index contributed by atoms with van der Waals surface area (Å²) >= 11 is 0. The van der Waals surface area contributed by atoms with Crippen molar-refractivity contribution in [3.8, 4) is 5.75 Å². The summed E-state index contributed by atoms with van der Waals surface area (Å²) in [4.78, 5) is 19.6. The van der Waals surface area contributed by atoms with E-state index in [1.165, 1.54) is 0 Å². The lowest BCUT2D eigenvalue weighted by Crippen LogP contribution is -2.02. The van der Waals surface area contributed by atoms with Crippen molar-refractivity contribution < 1.29 is 19.9 Å². The van der Waals surface area contributed by atoms with Gasteiger partial charge in [-0.1, -0.05) is 0 Å². The predicted molar refractivity (Wildman–Crippen MR) is 39.5 cm³/mol. The van der Waals surface area contributed by atoms with E-state index in [2.05, 4.69) is 0 Å². The molecule has 1 aromatic rings. The molecule has 0 fully saturated rings. The van der Waals surface area contributed by atoms with E-state index >= 15 is 0 Å². The number of carboxylic acids is 1. The van der Waals surface area contributed by atoms with Gasteiger partial charge < -0.3 is 10.2 Å². The number of carboxylic acid groups (broad SMARTS) is 1. The number of hydrogen-bond acceptors (Lipinski definition) is 4. The Bertz CT molecular complexity index is 373. The quantitative estimate of drug-likeness (QED) is 0.525. The molecule has 0 radical (unpaired) electrons. The number of hydrogen-bond donors (Lipinski definition) is 1. The van der Waals surface area contributed by atoms with Gasteiger partial charge in [0.25, 0.3) is 5.69 Å². The Morgan fingerprint density at radius 2 is 2.08 bits per heavy atom. The van der Waals surface area contributed by atoms with E-state index in [0.717, 1.165) is 18.2 Å². The van der Waals surface area contributed by atoms with Crippen molar-refractivity contribution in [3.05, 3.63) is 33.9 Å². The number of nitro groups is 1. The lowest BCUT2D eigenvalue weighted by molar-refractivity contribution is -0.398. The van der Waals surface area contributed by atoms with Crippen LogP contribution in [0.4, 0.5) is 5.69 Å². The first-order valence-corrected chi connectivity index (χ1v) is 3.21. The molecule has 1 aromatic carbocycles. The zero-order valence-electron chi connectivity index (χ0n) is 6.26. The lowest BCUT2D eigenvalue weighted by atomic mass is 10.2. The molecule has 0 heterocycles. The minimum Gasteiger partial charge on any atom is -0.868 e. The van der Waals surface area contributed by atoms with E-state index in [1.807, 2.05) is 0 Å². The third-order valence-corrected chi connectivity index (χ3v) is 1.40. The maximum Gasteiger partial charge on any atom is 0.335 e. The van der Waals surface area contributed by atoms with Crippen LogP contribution >= 0.6 is 0 Å². The van der Waals surface area contributed by atoms with E-state index in [-0.39, 0.29) is 5.56 Å². The van der Waals surface area contributed by atoms with Crippen LogP contribution < -0.4 is 5.11 Å². The summed E-state index contributed by atoms with van der Waals surface area (Å²) in [6.07, 6.45) is 0. The highest BCUT2D eigenvalue weighted by Crippen LogP contribution is 2.23. The zero-order chi connectivity index (χ0) is 10.0. The molecule has 0 aliphatic heterocycles. The number of rotatable bonds is 2. The molecule has 0 atom stereocenters. The molecule has 0 aliphatic carbocycles. The zero-order valence-corrected chi connectivity index (χ0v) is 6.26. The number of carbonyl (C=O) groups is 1. The van der Waals surface area contributed by atoms with Crippen molar-refractivity contribution in [2.45, 2.75) is 0 Å². The van der Waals surface area contributed by atoms with Crippen LogP contribution in [0.2, 0.25) is 0 Å². The summed E-state index contributed by atoms with van der Waals surface area (Å²) in [5, 5.41) is 29.5. The van der Waals surface area contributed by atoms with Gasteiger partial charge >= 0.3 is 5.97 Å². The topological polar surface area (TPSA) is 104 Å². The number of aromatic carboxylic acids is 1. The minimum atomic E-state index is -1.29. The normalized spacial score (nSPS) is 9.54. The molecule has 6 nitrogen and oxygen atoms in total. The Morgan fingerprint density at radius 3 is 2.46 bits per heavy atom. The lowest BCUT2D eigenvalue weighted by Gasteiger charge is -2.06. The van der Waals surface area contributed by atoms with Crippen molar-refractivity contribution in [2.24, 2.45) is 0 Å². The smallest absolute Gasteiger partial charge is 0.335 e. The standard InChI is InChI=1S/C7H5NO5/c9-6-3-4(7(10)11)1-2-5(6)8(12)13/h1-3,9H,(H,10,11)/p-1. The fourth-order valence-corrected chi connectivity index (χ4v) is 0.798. The molecule has 0 spiro atoms. The Kier molecular flexibility index (Phi) is 2.14. The van der Waals surface area contributed by atoms with Gasteiger partial charge in [0, 0.05) is 6.07 Å². The minimum absolute atomic E-state index is 0.254. The highest BCUT2D eigenvalue weighted by atomic mass is 16.6. The first kappa shape index (κ1) is 8.98. The second-order valence-corrected chi connectivity index (χ2v) is 2.24. The molecule has 0 bridgehead atoms. The average molecular weight is 182 g/mol. The van der Waals surface area contributed by atoms with Gasteiger partial charge in [-0.05, 0) is 17.9 Å². The van der Waals surface area contributed by atoms with Gasteiger partial charge in [0.1, 0.15) is 0 Å². The first-order chi connectivity index (χ1) is 6.02. The fourth-order valence-electron chi connectivity index (χ4n) is 0.798. The van der Waals surface area contributed by atoms with Gasteiger partial charge in [-0.15, -0.1) is 0 Å². The Hall–Kier alpha value is -2.11. The molecule has 1 rings (SSSR count). The molecule has 0 saturated carbocycles. The van der Waals surface area contributed by atoms with Gasteiger partial charge in [-0.25, -0.2) is 4.79 Å². The molecule has 13 heavy (non-hydrogen) atoms. The van der Waals surface area contributed by atoms with Crippen LogP contribution in [-0.2, 0) is 0 Å². The maximum atomic E-state index is 10.9. The highest BCUT2D eigenvalue weighted by molar-refractivity contribution is 5.88. The molecule has 0 aromatic heterocycles. The van der Waals surface area contributed by atoms with Gasteiger partial charge in [-0.2, -0.15) is 0 Å². The van der Waals surface area contributed by atoms with E-state index < -0.39 is 22.3 Å². The van der Waals surface area contributed by atoms with Crippen molar-refractivity contribution >= 4 is 11.7 Å². The van der Waals surface area contributed by atoms with Crippen LogP contribution in [0.3, 0.4) is 0 Å². The Morgan fingerprint density at radius 1 is 1.46 bits per heavy atom. The van der Waals surface area contributed by atoms with Crippen LogP contribution in [-0.4, -0.2) is 16.0 Å². The second kappa shape index (κ2) is 3.10. The van der Waals surface area contributed by atoms with Crippen LogP contribution in [0.15, 0.2) is 18.2 Å². The second-order valence-electron chi connectivity index (χ2n) is 2.24. The third-order valence-electron chi connectivity index (χ3n) is 1.40. The van der Waals surface area contributed by atoms with Crippen molar-refractivity contribution in [2.75, 3.05) is 0 Å². The van der Waals surface area contributed by atoms with Gasteiger partial charge in [0.15, 0.2) is 0 Å². The van der Waals surface area contributed by atoms with Gasteiger partial charge in [-0.3, -0.25) is 10.1 Å². The number of nitro benzene ring substituents is 1. The van der Waals surface area contributed by atoms with E-state index in [0.29, 0.717) is 0 Å². The first-order valence-electron chi connectivity index (χ1n) is 3.21. The van der Waals surface area contributed by atoms with Crippen LogP contribution in [0, 0.1) is 10.1 Å². The molecule has 68 valence electrons. The van der Waals surface area contributed by atoms with E-state index in [1.54, 1.807) is 0 Å². The molecule has 0 aliphatic rings. The van der Waals surface area contributed by atoms with Crippen LogP contribution in [0.1, 0.15) is 10.4 Å². The molecule has 0 amide bonds. The maximum absolute atomic E-state index is 10.9.